The summed E-state index contributed by atoms with van der Waals surface area (Å²) in [6.07, 6.45) is 4.94. The highest BCUT2D eigenvalue weighted by molar-refractivity contribution is 5.63. The summed E-state index contributed by atoms with van der Waals surface area (Å²) < 4.78 is 27.2. The lowest BCUT2D eigenvalue weighted by Crippen LogP contribution is -2.47. The zero-order chi connectivity index (χ0) is 20.8. The second-order valence-corrected chi connectivity index (χ2v) is 7.54. The fourth-order valence-electron chi connectivity index (χ4n) is 4.29. The molecule has 2 aliphatic rings. The molecule has 2 saturated heterocycles. The summed E-state index contributed by atoms with van der Waals surface area (Å²) in [6, 6.07) is 5.65. The van der Waals surface area contributed by atoms with Crippen molar-refractivity contribution in [2.75, 3.05) is 22.9 Å². The van der Waals surface area contributed by atoms with Crippen LogP contribution in [0.25, 0.3) is 11.4 Å². The number of anilines is 2. The van der Waals surface area contributed by atoms with Crippen molar-refractivity contribution in [3.05, 3.63) is 48.2 Å². The second-order valence-electron chi connectivity index (χ2n) is 7.54. The molecule has 3 aromatic heterocycles. The van der Waals surface area contributed by atoms with E-state index in [1.54, 1.807) is 23.1 Å². The van der Waals surface area contributed by atoms with Crippen LogP contribution in [-0.2, 0) is 7.05 Å². The van der Waals surface area contributed by atoms with Crippen molar-refractivity contribution in [2.45, 2.75) is 24.9 Å². The molecule has 30 heavy (non-hydrogen) atoms. The van der Waals surface area contributed by atoms with Crippen molar-refractivity contribution < 1.29 is 8.78 Å². The van der Waals surface area contributed by atoms with Crippen LogP contribution in [0.15, 0.2) is 36.9 Å². The minimum atomic E-state index is -2.57. The fourth-order valence-corrected chi connectivity index (χ4v) is 4.29. The highest BCUT2D eigenvalue weighted by Crippen LogP contribution is 2.38. The fraction of sp³-hybridized carbons (Fsp3) is 0.350. The lowest BCUT2D eigenvalue weighted by atomic mass is 10.2. The molecule has 2 aliphatic heterocycles. The average Bonchev–Trinajstić information content (AvgIpc) is 3.49. The molecule has 0 saturated carbocycles. The summed E-state index contributed by atoms with van der Waals surface area (Å²) in [4.78, 5) is 17.2. The van der Waals surface area contributed by atoms with Gasteiger partial charge in [-0.3, -0.25) is 9.67 Å². The van der Waals surface area contributed by atoms with Crippen molar-refractivity contribution in [3.63, 3.8) is 0 Å². The van der Waals surface area contributed by atoms with E-state index in [0.717, 1.165) is 24.2 Å². The Balaban J connectivity index is 1.40. The Labute approximate surface area is 171 Å². The smallest absolute Gasteiger partial charge is 0.280 e. The third-order valence-electron chi connectivity index (χ3n) is 5.69. The van der Waals surface area contributed by atoms with Crippen LogP contribution < -0.4 is 9.80 Å². The molecule has 2 fully saturated rings. The maximum Gasteiger partial charge on any atom is 0.280 e. The molecule has 8 nitrogen and oxygen atoms in total. The number of rotatable bonds is 4. The summed E-state index contributed by atoms with van der Waals surface area (Å²) in [6.45, 7) is 1.41. The Morgan fingerprint density at radius 1 is 1.10 bits per heavy atom. The molecule has 5 heterocycles. The molecule has 10 heteroatoms. The number of hydrogen-bond donors (Lipinski definition) is 0. The van der Waals surface area contributed by atoms with Crippen LogP contribution in [0, 0.1) is 11.3 Å². The van der Waals surface area contributed by atoms with Gasteiger partial charge < -0.3 is 9.80 Å². The maximum absolute atomic E-state index is 12.8. The number of halogens is 2. The topological polar surface area (TPSA) is 86.8 Å². The first-order chi connectivity index (χ1) is 14.5. The summed E-state index contributed by atoms with van der Waals surface area (Å²) in [5, 5.41) is 13.7. The number of fused-ring (bicyclic) bond motifs is 2. The number of hydrogen-bond acceptors (Lipinski definition) is 7. The zero-order valence-electron chi connectivity index (χ0n) is 16.2. The van der Waals surface area contributed by atoms with Crippen LogP contribution in [0.3, 0.4) is 0 Å². The molecular formula is C20H18F2N8. The number of aryl methyl sites for hydroxylation is 1. The molecule has 5 rings (SSSR count). The van der Waals surface area contributed by atoms with E-state index in [0.29, 0.717) is 23.8 Å². The normalized spacial score (nSPS) is 20.2. The molecule has 0 aromatic carbocycles. The predicted octanol–water partition coefficient (Wildman–Crippen LogP) is 2.55. The molecule has 3 aromatic rings. The van der Waals surface area contributed by atoms with Gasteiger partial charge in [0.2, 0.25) is 0 Å². The molecule has 0 aliphatic carbocycles. The molecule has 0 unspecified atom stereocenters. The van der Waals surface area contributed by atoms with Crippen LogP contribution >= 0.6 is 0 Å². The summed E-state index contributed by atoms with van der Waals surface area (Å²) in [5.41, 5.74) is 1.85. The molecule has 2 atom stereocenters. The first-order valence-corrected chi connectivity index (χ1v) is 9.57. The van der Waals surface area contributed by atoms with Crippen molar-refractivity contribution in [3.8, 4) is 17.5 Å². The minimum Gasteiger partial charge on any atom is -0.363 e. The molecule has 152 valence electrons. The van der Waals surface area contributed by atoms with Gasteiger partial charge in [-0.25, -0.2) is 18.7 Å². The lowest BCUT2D eigenvalue weighted by Gasteiger charge is -2.36. The quantitative estimate of drug-likeness (QED) is 0.656. The Morgan fingerprint density at radius 2 is 1.90 bits per heavy atom. The number of nitrogens with zero attached hydrogens (tertiary/aromatic N) is 8. The highest BCUT2D eigenvalue weighted by Gasteiger charge is 2.44. The Kier molecular flexibility index (Phi) is 4.31. The van der Waals surface area contributed by atoms with Gasteiger partial charge in [0.1, 0.15) is 17.3 Å². The van der Waals surface area contributed by atoms with Crippen LogP contribution in [0.1, 0.15) is 24.1 Å². The second kappa shape index (κ2) is 7.02. The van der Waals surface area contributed by atoms with Gasteiger partial charge in [-0.2, -0.15) is 10.4 Å². The van der Waals surface area contributed by atoms with Gasteiger partial charge in [0.05, 0.1) is 35.9 Å². The van der Waals surface area contributed by atoms with E-state index in [1.165, 1.54) is 12.3 Å². The van der Waals surface area contributed by atoms with Crippen molar-refractivity contribution in [2.24, 2.45) is 7.05 Å². The molecule has 0 amide bonds. The van der Waals surface area contributed by atoms with Gasteiger partial charge in [0.15, 0.2) is 11.6 Å². The number of aromatic nitrogens is 5. The van der Waals surface area contributed by atoms with E-state index in [4.69, 9.17) is 0 Å². The summed E-state index contributed by atoms with van der Waals surface area (Å²) in [7, 11) is 1.82. The largest absolute Gasteiger partial charge is 0.363 e. The number of nitriles is 1. The Morgan fingerprint density at radius 3 is 2.50 bits per heavy atom. The van der Waals surface area contributed by atoms with E-state index < -0.39 is 6.43 Å². The Bertz CT molecular complexity index is 1120. The van der Waals surface area contributed by atoms with E-state index in [1.807, 2.05) is 13.2 Å². The first kappa shape index (κ1) is 18.4. The number of piperazine rings is 1. The highest BCUT2D eigenvalue weighted by atomic mass is 19.3. The summed E-state index contributed by atoms with van der Waals surface area (Å²) in [5.74, 6) is 1.16. The van der Waals surface area contributed by atoms with Gasteiger partial charge in [-0.1, -0.05) is 0 Å². The average molecular weight is 408 g/mol. The lowest BCUT2D eigenvalue weighted by molar-refractivity contribution is 0.146. The maximum atomic E-state index is 12.8. The summed E-state index contributed by atoms with van der Waals surface area (Å²) >= 11 is 0. The van der Waals surface area contributed by atoms with Gasteiger partial charge in [-0.05, 0) is 18.6 Å². The standard InChI is InChI=1S/C20H18F2N8/c1-28-9-13(7-26-28)19-25-6-12(5-23)20(27-19)30-11-15-4-16(30)10-29(15)14-2-3-17(18(21)22)24-8-14/h2-3,6-9,15-16,18H,4,10-11H2,1H3/t15-,16+/m1/s1. The molecule has 0 N–H and O–H groups in total. The van der Waals surface area contributed by atoms with Gasteiger partial charge in [-0.15, -0.1) is 0 Å². The predicted molar refractivity (Wildman–Crippen MR) is 105 cm³/mol. The van der Waals surface area contributed by atoms with Crippen LogP contribution in [0.2, 0.25) is 0 Å². The monoisotopic (exact) mass is 408 g/mol. The van der Waals surface area contributed by atoms with Crippen LogP contribution in [0.4, 0.5) is 20.3 Å². The zero-order valence-corrected chi connectivity index (χ0v) is 16.2. The SMILES string of the molecule is Cn1cc(-c2ncc(C#N)c(N3C[C@H]4C[C@H]3CN4c3ccc(C(F)F)nc3)n2)cn1. The van der Waals surface area contributed by atoms with Crippen LogP contribution in [0.5, 0.6) is 0 Å². The van der Waals surface area contributed by atoms with Crippen molar-refractivity contribution in [1.29, 1.82) is 5.26 Å². The van der Waals surface area contributed by atoms with Gasteiger partial charge >= 0.3 is 0 Å². The molecule has 2 bridgehead atoms. The number of pyridine rings is 1. The third-order valence-corrected chi connectivity index (χ3v) is 5.69. The van der Waals surface area contributed by atoms with Gasteiger partial charge in [0, 0.05) is 32.4 Å². The van der Waals surface area contributed by atoms with E-state index in [-0.39, 0.29) is 17.8 Å². The Hall–Kier alpha value is -3.61. The van der Waals surface area contributed by atoms with E-state index >= 15 is 0 Å². The van der Waals surface area contributed by atoms with Gasteiger partial charge in [0.25, 0.3) is 6.43 Å². The van der Waals surface area contributed by atoms with Crippen molar-refractivity contribution in [1.82, 2.24) is 24.7 Å². The van der Waals surface area contributed by atoms with E-state index in [9.17, 15) is 14.0 Å². The van der Waals surface area contributed by atoms with Crippen LogP contribution in [-0.4, -0.2) is 49.9 Å². The van der Waals surface area contributed by atoms with Crippen molar-refractivity contribution >= 4 is 11.5 Å². The molecular weight excluding hydrogens is 390 g/mol. The third kappa shape index (κ3) is 3.03. The number of alkyl halides is 2. The minimum absolute atomic E-state index is 0.175. The molecule has 0 radical (unpaired) electrons. The first-order valence-electron chi connectivity index (χ1n) is 9.57. The molecule has 0 spiro atoms. The van der Waals surface area contributed by atoms with E-state index in [2.05, 4.69) is 35.9 Å².